The summed E-state index contributed by atoms with van der Waals surface area (Å²) in [5.41, 5.74) is 2.78. The lowest BCUT2D eigenvalue weighted by atomic mass is 9.90. The summed E-state index contributed by atoms with van der Waals surface area (Å²) in [6, 6.07) is 14.7. The van der Waals surface area contributed by atoms with Crippen LogP contribution in [0.5, 0.6) is 5.75 Å². The van der Waals surface area contributed by atoms with Crippen LogP contribution >= 0.6 is 0 Å². The van der Waals surface area contributed by atoms with E-state index in [9.17, 15) is 9.90 Å². The number of carbonyl (C=O) groups excluding carboxylic acids is 1. The van der Waals surface area contributed by atoms with Gasteiger partial charge in [0.25, 0.3) is 0 Å². The quantitative estimate of drug-likeness (QED) is 0.890. The highest BCUT2D eigenvalue weighted by atomic mass is 16.3. The average Bonchev–Trinajstić information content (AvgIpc) is 2.53. The molecule has 2 aromatic rings. The molecular weight excluding hydrogens is 264 g/mol. The van der Waals surface area contributed by atoms with Gasteiger partial charge in [0.15, 0.2) is 0 Å². The van der Waals surface area contributed by atoms with Gasteiger partial charge in [-0.2, -0.15) is 0 Å². The van der Waals surface area contributed by atoms with Crippen LogP contribution < -0.4 is 10.2 Å². The molecule has 0 spiro atoms. The molecule has 1 unspecified atom stereocenters. The lowest BCUT2D eigenvalue weighted by molar-refractivity contribution is -0.119. The van der Waals surface area contributed by atoms with E-state index in [1.165, 1.54) is 0 Å². The van der Waals surface area contributed by atoms with Crippen molar-refractivity contribution < 1.29 is 9.90 Å². The molecule has 0 fully saturated rings. The van der Waals surface area contributed by atoms with E-state index in [1.54, 1.807) is 30.1 Å². The molecule has 0 aromatic heterocycles. The van der Waals surface area contributed by atoms with Crippen molar-refractivity contribution in [2.75, 3.05) is 23.8 Å². The molecular formula is C17H18N2O2. The van der Waals surface area contributed by atoms with Gasteiger partial charge in [-0.25, -0.2) is 0 Å². The fraction of sp³-hybridized carbons (Fsp3) is 0.235. The molecule has 0 radical (unpaired) electrons. The number of nitrogens with one attached hydrogen (secondary N) is 1. The third kappa shape index (κ3) is 2.57. The molecule has 4 nitrogen and oxygen atoms in total. The number of phenols is 1. The molecule has 0 saturated heterocycles. The van der Waals surface area contributed by atoms with Gasteiger partial charge in [-0.3, -0.25) is 4.79 Å². The minimum absolute atomic E-state index is 0.0505. The predicted molar refractivity (Wildman–Crippen MR) is 83.8 cm³/mol. The first-order valence-corrected chi connectivity index (χ1v) is 7.06. The van der Waals surface area contributed by atoms with Crippen molar-refractivity contribution in [3.63, 3.8) is 0 Å². The van der Waals surface area contributed by atoms with Gasteiger partial charge in [-0.1, -0.05) is 24.3 Å². The van der Waals surface area contributed by atoms with Crippen molar-refractivity contribution in [1.82, 2.24) is 0 Å². The number of nitrogens with zero attached hydrogens (tertiary/aromatic N) is 1. The Bertz CT molecular complexity index is 669. The van der Waals surface area contributed by atoms with Crippen molar-refractivity contribution in [2.24, 2.45) is 0 Å². The Morgan fingerprint density at radius 1 is 1.24 bits per heavy atom. The number of benzene rings is 2. The maximum Gasteiger partial charge on any atom is 0.234 e. The number of hydrogen-bond donors (Lipinski definition) is 2. The van der Waals surface area contributed by atoms with E-state index in [2.05, 4.69) is 5.32 Å². The van der Waals surface area contributed by atoms with E-state index < -0.39 is 0 Å². The van der Waals surface area contributed by atoms with Gasteiger partial charge in [0.1, 0.15) is 5.75 Å². The summed E-state index contributed by atoms with van der Waals surface area (Å²) in [5.74, 6) is 0.0715. The largest absolute Gasteiger partial charge is 0.508 e. The monoisotopic (exact) mass is 282 g/mol. The van der Waals surface area contributed by atoms with Gasteiger partial charge >= 0.3 is 0 Å². The fourth-order valence-electron chi connectivity index (χ4n) is 2.79. The lowest BCUT2D eigenvalue weighted by Gasteiger charge is -2.29. The zero-order chi connectivity index (χ0) is 14.8. The minimum atomic E-state index is -0.144. The molecule has 0 aliphatic carbocycles. The van der Waals surface area contributed by atoms with Crippen LogP contribution in [0.2, 0.25) is 0 Å². The van der Waals surface area contributed by atoms with Crippen LogP contribution in [0, 0.1) is 0 Å². The second-order valence-corrected chi connectivity index (χ2v) is 5.27. The van der Waals surface area contributed by atoms with Crippen molar-refractivity contribution in [3.8, 4) is 5.75 Å². The van der Waals surface area contributed by atoms with Crippen LogP contribution in [-0.4, -0.2) is 24.6 Å². The predicted octanol–water partition coefficient (Wildman–Crippen LogP) is 2.95. The molecule has 1 atom stereocenters. The Labute approximate surface area is 124 Å². The molecule has 1 heterocycles. The summed E-state index contributed by atoms with van der Waals surface area (Å²) >= 11 is 0. The van der Waals surface area contributed by atoms with Gasteiger partial charge < -0.3 is 15.3 Å². The first-order chi connectivity index (χ1) is 10.2. The number of phenolic OH excluding ortho intramolecular Hbond substituents is 1. The number of anilines is 2. The van der Waals surface area contributed by atoms with Gasteiger partial charge in [0, 0.05) is 31.0 Å². The highest BCUT2D eigenvalue weighted by Crippen LogP contribution is 2.33. The van der Waals surface area contributed by atoms with E-state index in [-0.39, 0.29) is 17.6 Å². The molecule has 2 N–H and O–H groups in total. The summed E-state index contributed by atoms with van der Waals surface area (Å²) in [6.45, 7) is 0.793. The molecule has 21 heavy (non-hydrogen) atoms. The number of amides is 1. The molecule has 3 rings (SSSR count). The Balaban J connectivity index is 1.89. The Hall–Kier alpha value is -2.49. The van der Waals surface area contributed by atoms with Crippen molar-refractivity contribution in [3.05, 3.63) is 54.1 Å². The Morgan fingerprint density at radius 3 is 2.86 bits per heavy atom. The third-order valence-electron chi connectivity index (χ3n) is 3.93. The molecule has 0 saturated carbocycles. The maximum absolute atomic E-state index is 12.8. The van der Waals surface area contributed by atoms with E-state index in [0.717, 1.165) is 24.2 Å². The topological polar surface area (TPSA) is 52.6 Å². The smallest absolute Gasteiger partial charge is 0.234 e. The van der Waals surface area contributed by atoms with Crippen LogP contribution in [0.15, 0.2) is 48.5 Å². The molecule has 1 aliphatic heterocycles. The third-order valence-corrected chi connectivity index (χ3v) is 3.93. The van der Waals surface area contributed by atoms with Crippen LogP contribution in [-0.2, 0) is 4.79 Å². The lowest BCUT2D eigenvalue weighted by Crippen LogP contribution is -2.34. The van der Waals surface area contributed by atoms with E-state index >= 15 is 0 Å². The molecule has 1 amide bonds. The molecule has 0 bridgehead atoms. The number of para-hydroxylation sites is 1. The van der Waals surface area contributed by atoms with Gasteiger partial charge in [0.2, 0.25) is 5.91 Å². The summed E-state index contributed by atoms with van der Waals surface area (Å²) in [6.07, 6.45) is 0.777. The van der Waals surface area contributed by atoms with Gasteiger partial charge in [0.05, 0.1) is 5.92 Å². The second-order valence-electron chi connectivity index (χ2n) is 5.27. The van der Waals surface area contributed by atoms with Crippen molar-refractivity contribution >= 4 is 17.3 Å². The molecule has 1 aliphatic rings. The Morgan fingerprint density at radius 2 is 2.05 bits per heavy atom. The second kappa shape index (κ2) is 5.48. The number of likely N-dealkylation sites (N-methyl/N-ethyl adjacent to an activating group) is 1. The number of carbonyl (C=O) groups is 1. The number of hydrogen-bond acceptors (Lipinski definition) is 3. The van der Waals surface area contributed by atoms with Crippen LogP contribution in [0.4, 0.5) is 11.4 Å². The fourth-order valence-corrected chi connectivity index (χ4v) is 2.79. The van der Waals surface area contributed by atoms with Crippen molar-refractivity contribution in [1.29, 1.82) is 0 Å². The maximum atomic E-state index is 12.8. The number of rotatable bonds is 2. The zero-order valence-electron chi connectivity index (χ0n) is 11.9. The number of fused-ring (bicyclic) bond motifs is 1. The first kappa shape index (κ1) is 13.5. The van der Waals surface area contributed by atoms with Crippen molar-refractivity contribution in [2.45, 2.75) is 12.3 Å². The van der Waals surface area contributed by atoms with Gasteiger partial charge in [-0.05, 0) is 30.2 Å². The normalized spacial score (nSPS) is 16.7. The number of aromatic hydroxyl groups is 1. The van der Waals surface area contributed by atoms with Gasteiger partial charge in [-0.15, -0.1) is 0 Å². The van der Waals surface area contributed by atoms with E-state index in [0.29, 0.717) is 5.69 Å². The standard InChI is InChI=1S/C17H18N2O2/c1-19(12-5-4-6-13(20)11-12)17(21)15-9-10-18-16-8-3-2-7-14(15)16/h2-8,11,15,18,20H,9-10H2,1H3. The average molecular weight is 282 g/mol. The molecule has 108 valence electrons. The highest BCUT2D eigenvalue weighted by molar-refractivity contribution is 5.99. The molecule has 2 aromatic carbocycles. The summed E-state index contributed by atoms with van der Waals surface area (Å²) in [7, 11) is 1.75. The summed E-state index contributed by atoms with van der Waals surface area (Å²) < 4.78 is 0. The molecule has 4 heteroatoms. The Kier molecular flexibility index (Phi) is 3.52. The van der Waals surface area contributed by atoms with E-state index in [1.807, 2.05) is 30.3 Å². The summed E-state index contributed by atoms with van der Waals surface area (Å²) in [5, 5.41) is 12.9. The zero-order valence-corrected chi connectivity index (χ0v) is 11.9. The highest BCUT2D eigenvalue weighted by Gasteiger charge is 2.29. The van der Waals surface area contributed by atoms with E-state index in [4.69, 9.17) is 0 Å². The van der Waals surface area contributed by atoms with Crippen LogP contribution in [0.1, 0.15) is 17.9 Å². The first-order valence-electron chi connectivity index (χ1n) is 7.06. The SMILES string of the molecule is CN(C(=O)C1CCNc2ccccc21)c1cccc(O)c1. The van der Waals surface area contributed by atoms with Crippen LogP contribution in [0.25, 0.3) is 0 Å². The van der Waals surface area contributed by atoms with Crippen LogP contribution in [0.3, 0.4) is 0 Å². The minimum Gasteiger partial charge on any atom is -0.508 e. The summed E-state index contributed by atoms with van der Waals surface area (Å²) in [4.78, 5) is 14.4.